The molecule has 232 valence electrons. The van der Waals surface area contributed by atoms with Crippen molar-refractivity contribution in [2.45, 2.75) is 45.4 Å². The number of phosphoric acid groups is 1. The van der Waals surface area contributed by atoms with Crippen LogP contribution < -0.4 is 14.8 Å². The fourth-order valence-corrected chi connectivity index (χ4v) is 6.98. The van der Waals surface area contributed by atoms with Gasteiger partial charge in [0.1, 0.15) is 17.1 Å². The number of halogens is 1. The molecular weight excluding hydrogens is 655 g/mol. The molecule has 7 rings (SSSR count). The first-order valence-electron chi connectivity index (χ1n) is 14.7. The van der Waals surface area contributed by atoms with Crippen LogP contribution in [0.1, 0.15) is 44.4 Å². The zero-order valence-corrected chi connectivity index (χ0v) is 27.7. The predicted molar refractivity (Wildman–Crippen MR) is 180 cm³/mol. The number of hydrogen-bond acceptors (Lipinski definition) is 6. The van der Waals surface area contributed by atoms with Crippen LogP contribution in [-0.4, -0.2) is 28.0 Å². The number of nitrogens with zero attached hydrogens (tertiary/aromatic N) is 1. The summed E-state index contributed by atoms with van der Waals surface area (Å²) in [5.74, 6) is 0.694. The van der Waals surface area contributed by atoms with E-state index in [2.05, 4.69) is 15.9 Å². The molecule has 0 fully saturated rings. The average molecular weight is 690 g/mol. The van der Waals surface area contributed by atoms with Gasteiger partial charge in [-0.25, -0.2) is 9.36 Å². The van der Waals surface area contributed by atoms with Gasteiger partial charge in [0.05, 0.1) is 0 Å². The van der Waals surface area contributed by atoms with E-state index in [9.17, 15) is 14.3 Å². The highest BCUT2D eigenvalue weighted by Crippen LogP contribution is 2.56. The van der Waals surface area contributed by atoms with E-state index < -0.39 is 13.4 Å². The molecule has 0 spiro atoms. The molecule has 45 heavy (non-hydrogen) atoms. The lowest BCUT2D eigenvalue weighted by Gasteiger charge is -2.26. The SMILES string of the molecule is CC(C)(C)OC(=O)N1CC[C@@H](N)c2ccc(Br)cc2C1.O=P1(O)Oc2ccc3ccccc3c2-c2c(ccc3ccccc23)O1. The number of phosphoric ester groups is 1. The zero-order chi connectivity index (χ0) is 31.9. The zero-order valence-electron chi connectivity index (χ0n) is 25.2. The summed E-state index contributed by atoms with van der Waals surface area (Å²) in [6, 6.07) is 29.0. The van der Waals surface area contributed by atoms with Crippen LogP contribution in [-0.2, 0) is 15.8 Å². The molecule has 8 nitrogen and oxygen atoms in total. The second kappa shape index (κ2) is 12.1. The molecule has 1 atom stereocenters. The molecule has 2 aliphatic rings. The molecule has 0 unspecified atom stereocenters. The van der Waals surface area contributed by atoms with E-state index in [4.69, 9.17) is 19.5 Å². The molecule has 2 heterocycles. The Bertz CT molecular complexity index is 1880. The quantitative estimate of drug-likeness (QED) is 0.156. The third kappa shape index (κ3) is 6.72. The highest BCUT2D eigenvalue weighted by atomic mass is 79.9. The van der Waals surface area contributed by atoms with E-state index in [0.717, 1.165) is 54.7 Å². The Morgan fingerprint density at radius 2 is 1.47 bits per heavy atom. The Kier molecular flexibility index (Phi) is 8.39. The maximum absolute atomic E-state index is 12.4. The molecule has 0 aliphatic carbocycles. The van der Waals surface area contributed by atoms with Gasteiger partial charge in [0.2, 0.25) is 0 Å². The molecular formula is C35H34BrN2O6P. The van der Waals surface area contributed by atoms with E-state index >= 15 is 0 Å². The minimum Gasteiger partial charge on any atom is -0.444 e. The molecule has 0 bridgehead atoms. The van der Waals surface area contributed by atoms with Gasteiger partial charge < -0.3 is 24.4 Å². The van der Waals surface area contributed by atoms with Gasteiger partial charge in [0.25, 0.3) is 0 Å². The molecule has 0 saturated carbocycles. The summed E-state index contributed by atoms with van der Waals surface area (Å²) in [6.45, 7) is 6.77. The molecule has 0 radical (unpaired) electrons. The monoisotopic (exact) mass is 688 g/mol. The second-order valence-corrected chi connectivity index (χ2v) is 14.3. The Balaban J connectivity index is 0.000000164. The van der Waals surface area contributed by atoms with Crippen molar-refractivity contribution in [1.82, 2.24) is 4.90 Å². The summed E-state index contributed by atoms with van der Waals surface area (Å²) in [6.07, 6.45) is 0.464. The predicted octanol–water partition coefficient (Wildman–Crippen LogP) is 9.12. The van der Waals surface area contributed by atoms with Crippen LogP contribution in [0.2, 0.25) is 0 Å². The van der Waals surface area contributed by atoms with Crippen LogP contribution in [0.5, 0.6) is 11.5 Å². The van der Waals surface area contributed by atoms with Crippen molar-refractivity contribution in [3.8, 4) is 22.6 Å². The van der Waals surface area contributed by atoms with Crippen LogP contribution in [0, 0.1) is 0 Å². The molecule has 5 aromatic rings. The minimum absolute atomic E-state index is 0.0365. The van der Waals surface area contributed by atoms with Crippen molar-refractivity contribution in [3.05, 3.63) is 107 Å². The van der Waals surface area contributed by atoms with E-state index in [0.29, 0.717) is 24.6 Å². The fraction of sp³-hybridized carbons (Fsp3) is 0.229. The largest absolute Gasteiger partial charge is 0.584 e. The lowest BCUT2D eigenvalue weighted by atomic mass is 9.92. The second-order valence-electron chi connectivity index (χ2n) is 12.1. The summed E-state index contributed by atoms with van der Waals surface area (Å²) in [4.78, 5) is 24.0. The van der Waals surface area contributed by atoms with E-state index in [1.54, 1.807) is 17.0 Å². The summed E-state index contributed by atoms with van der Waals surface area (Å²) in [7, 11) is -4.25. The summed E-state index contributed by atoms with van der Waals surface area (Å²) >= 11 is 3.47. The topological polar surface area (TPSA) is 111 Å². The summed E-state index contributed by atoms with van der Waals surface area (Å²) in [5, 5.41) is 3.95. The Morgan fingerprint density at radius 3 is 2.02 bits per heavy atom. The third-order valence-corrected chi connectivity index (χ3v) is 9.03. The number of carbonyl (C=O) groups is 1. The average Bonchev–Trinajstić information content (AvgIpc) is 3.22. The van der Waals surface area contributed by atoms with Crippen molar-refractivity contribution < 1.29 is 28.0 Å². The molecule has 2 aliphatic heterocycles. The van der Waals surface area contributed by atoms with Crippen LogP contribution in [0.3, 0.4) is 0 Å². The van der Waals surface area contributed by atoms with Crippen LogP contribution in [0.15, 0.2) is 95.5 Å². The third-order valence-electron chi connectivity index (χ3n) is 7.69. The van der Waals surface area contributed by atoms with Gasteiger partial charge in [-0.05, 0) is 84.1 Å². The number of rotatable bonds is 0. The van der Waals surface area contributed by atoms with Gasteiger partial charge in [-0.3, -0.25) is 4.89 Å². The van der Waals surface area contributed by atoms with Crippen molar-refractivity contribution in [2.75, 3.05) is 6.54 Å². The first-order valence-corrected chi connectivity index (χ1v) is 16.9. The van der Waals surface area contributed by atoms with Crippen LogP contribution in [0.4, 0.5) is 4.79 Å². The van der Waals surface area contributed by atoms with Crippen LogP contribution >= 0.6 is 23.8 Å². The number of amides is 1. The molecule has 1 amide bonds. The van der Waals surface area contributed by atoms with Crippen molar-refractivity contribution in [3.63, 3.8) is 0 Å². The van der Waals surface area contributed by atoms with Crippen molar-refractivity contribution in [1.29, 1.82) is 0 Å². The Morgan fingerprint density at radius 1 is 0.911 bits per heavy atom. The van der Waals surface area contributed by atoms with Gasteiger partial charge in [-0.1, -0.05) is 82.7 Å². The maximum atomic E-state index is 12.4. The summed E-state index contributed by atoms with van der Waals surface area (Å²) in [5.41, 5.74) is 9.45. The molecule has 0 aromatic heterocycles. The lowest BCUT2D eigenvalue weighted by molar-refractivity contribution is 0.0235. The number of fused-ring (bicyclic) bond motifs is 8. The molecule has 3 N–H and O–H groups in total. The normalized spacial score (nSPS) is 16.8. The van der Waals surface area contributed by atoms with Gasteiger partial charge in [-0.15, -0.1) is 0 Å². The maximum Gasteiger partial charge on any atom is 0.584 e. The van der Waals surface area contributed by atoms with Crippen molar-refractivity contribution in [2.24, 2.45) is 5.73 Å². The van der Waals surface area contributed by atoms with E-state index in [1.165, 1.54) is 0 Å². The van der Waals surface area contributed by atoms with Gasteiger partial charge in [0.15, 0.2) is 0 Å². The number of ether oxygens (including phenoxy) is 1. The lowest BCUT2D eigenvalue weighted by Crippen LogP contribution is -2.36. The van der Waals surface area contributed by atoms with E-state index in [-0.39, 0.29) is 12.1 Å². The molecule has 0 saturated heterocycles. The number of nitrogens with two attached hydrogens (primary N) is 1. The smallest absolute Gasteiger partial charge is 0.444 e. The number of benzene rings is 5. The van der Waals surface area contributed by atoms with Gasteiger partial charge >= 0.3 is 13.9 Å². The Hall–Kier alpha value is -3.88. The van der Waals surface area contributed by atoms with Crippen LogP contribution in [0.25, 0.3) is 32.7 Å². The standard InChI is InChI=1S/C20H13O4P.C15H21BrN2O2/c21-25(22)23-17-11-9-13-5-1-3-7-15(13)19(17)20-16-8-4-2-6-14(16)10-12-18(20)24-25;1-15(2,3)20-14(19)18-7-6-13(17)12-5-4-11(16)8-10(12)9-18/h1-12H,(H,21,22);4-5,8,13H,6-7,9,17H2,1-3H3/t;13-/m.1/s1. The first kappa shape index (κ1) is 31.1. The summed E-state index contributed by atoms with van der Waals surface area (Å²) < 4.78 is 29.6. The molecule has 5 aromatic carbocycles. The van der Waals surface area contributed by atoms with E-state index in [1.807, 2.05) is 99.6 Å². The number of carbonyl (C=O) groups excluding carboxylic acids is 1. The minimum atomic E-state index is -4.25. The highest BCUT2D eigenvalue weighted by molar-refractivity contribution is 9.10. The fourth-order valence-electron chi connectivity index (χ4n) is 5.73. The van der Waals surface area contributed by atoms with Crippen molar-refractivity contribution >= 4 is 51.4 Å². The van der Waals surface area contributed by atoms with Gasteiger partial charge in [-0.2, -0.15) is 0 Å². The number of hydrogen-bond donors (Lipinski definition) is 2. The van der Waals surface area contributed by atoms with Gasteiger partial charge in [0, 0.05) is 34.7 Å². The highest BCUT2D eigenvalue weighted by Gasteiger charge is 2.34. The molecule has 10 heteroatoms. The first-order chi connectivity index (χ1) is 21.4. The Labute approximate surface area is 270 Å².